The third kappa shape index (κ3) is 5.43. The molecule has 7 aromatic rings. The topological polar surface area (TPSA) is 49.2 Å². The predicted molar refractivity (Wildman–Crippen MR) is 186 cm³/mol. The van der Waals surface area contributed by atoms with Crippen LogP contribution in [0.3, 0.4) is 0 Å². The van der Waals surface area contributed by atoms with Gasteiger partial charge in [0.15, 0.2) is 0 Å². The van der Waals surface area contributed by atoms with Crippen molar-refractivity contribution in [2.75, 3.05) is 4.90 Å². The smallest absolute Gasteiger partial charge is 0.137 e. The van der Waals surface area contributed by atoms with E-state index in [1.54, 1.807) is 6.07 Å². The van der Waals surface area contributed by atoms with Crippen LogP contribution in [0.1, 0.15) is 16.7 Å². The Hall–Kier alpha value is -5.74. The number of phenols is 1. The van der Waals surface area contributed by atoms with Gasteiger partial charge in [0.05, 0.1) is 17.1 Å². The zero-order chi connectivity index (χ0) is 30.9. The molecular formula is C41H33N3O. The van der Waals surface area contributed by atoms with Gasteiger partial charge in [-0.2, -0.15) is 0 Å². The maximum absolute atomic E-state index is 10.8. The molecule has 1 N–H and O–H groups in total. The van der Waals surface area contributed by atoms with Gasteiger partial charge in [-0.15, -0.1) is 0 Å². The quantitative estimate of drug-likeness (QED) is 0.212. The Balaban J connectivity index is 1.44. The molecule has 0 unspecified atom stereocenters. The molecule has 0 atom stereocenters. The molecule has 0 spiro atoms. The van der Waals surface area contributed by atoms with Crippen molar-refractivity contribution in [3.63, 3.8) is 0 Å². The van der Waals surface area contributed by atoms with Crippen LogP contribution >= 0.6 is 0 Å². The minimum absolute atomic E-state index is 0.205. The molecule has 4 heteroatoms. The number of para-hydroxylation sites is 1. The summed E-state index contributed by atoms with van der Waals surface area (Å²) in [5, 5.41) is 13.1. The number of fused-ring (bicyclic) bond motifs is 1. The molecule has 0 saturated carbocycles. The van der Waals surface area contributed by atoms with Crippen molar-refractivity contribution in [2.45, 2.75) is 20.8 Å². The summed E-state index contributed by atoms with van der Waals surface area (Å²) in [7, 11) is 0. The van der Waals surface area contributed by atoms with E-state index in [0.717, 1.165) is 50.5 Å². The number of hydrogen-bond acceptors (Lipinski definition) is 4. The van der Waals surface area contributed by atoms with Gasteiger partial charge in [0.2, 0.25) is 0 Å². The SMILES string of the molecule is Cc1cc(C)c(-c2cc(-c3cccc(N(c4ccccn4)c4cccc5ccccc45)c3)nc(-c3ccccc3O)c2)c(C)c1. The Morgan fingerprint density at radius 1 is 0.600 bits per heavy atom. The lowest BCUT2D eigenvalue weighted by molar-refractivity contribution is 0.477. The average molecular weight is 584 g/mol. The second-order valence-corrected chi connectivity index (χ2v) is 11.5. The van der Waals surface area contributed by atoms with Crippen LogP contribution < -0.4 is 4.90 Å². The molecule has 0 aliphatic rings. The first-order chi connectivity index (χ1) is 22.0. The van der Waals surface area contributed by atoms with Crippen LogP contribution in [-0.4, -0.2) is 15.1 Å². The van der Waals surface area contributed by atoms with Gasteiger partial charge in [0, 0.05) is 28.4 Å². The van der Waals surface area contributed by atoms with Crippen LogP contribution in [0.5, 0.6) is 5.75 Å². The summed E-state index contributed by atoms with van der Waals surface area (Å²) in [6.45, 7) is 6.44. The summed E-state index contributed by atoms with van der Waals surface area (Å²) in [5.41, 5.74) is 11.1. The summed E-state index contributed by atoms with van der Waals surface area (Å²) in [6.07, 6.45) is 1.83. The van der Waals surface area contributed by atoms with E-state index in [1.165, 1.54) is 22.3 Å². The molecule has 0 amide bonds. The molecular weight excluding hydrogens is 550 g/mol. The third-order valence-corrected chi connectivity index (χ3v) is 8.26. The van der Waals surface area contributed by atoms with Crippen molar-refractivity contribution in [3.05, 3.63) is 156 Å². The Morgan fingerprint density at radius 3 is 2.11 bits per heavy atom. The van der Waals surface area contributed by atoms with Gasteiger partial charge in [-0.05, 0) is 103 Å². The largest absolute Gasteiger partial charge is 0.507 e. The van der Waals surface area contributed by atoms with Crippen molar-refractivity contribution in [1.82, 2.24) is 9.97 Å². The fourth-order valence-electron chi connectivity index (χ4n) is 6.37. The van der Waals surface area contributed by atoms with E-state index in [2.05, 4.69) is 117 Å². The first kappa shape index (κ1) is 28.1. The van der Waals surface area contributed by atoms with Gasteiger partial charge < -0.3 is 5.11 Å². The van der Waals surface area contributed by atoms with Crippen molar-refractivity contribution < 1.29 is 5.11 Å². The van der Waals surface area contributed by atoms with Gasteiger partial charge in [-0.3, -0.25) is 4.90 Å². The Kier molecular flexibility index (Phi) is 7.32. The number of rotatable bonds is 6. The standard InChI is InChI=1S/C41H33N3O/c1-27-22-28(2)41(29(3)23-27)32-25-36(43-37(26-32)35-17-6-7-19-39(35)45)31-14-10-15-33(24-31)44(40-20-8-9-21-42-40)38-18-11-13-30-12-4-5-16-34(30)38/h4-26,45H,1-3H3. The highest BCUT2D eigenvalue weighted by Gasteiger charge is 2.18. The van der Waals surface area contributed by atoms with Crippen molar-refractivity contribution in [2.24, 2.45) is 0 Å². The summed E-state index contributed by atoms with van der Waals surface area (Å²) >= 11 is 0. The molecule has 7 rings (SSSR count). The molecule has 0 radical (unpaired) electrons. The molecule has 0 fully saturated rings. The summed E-state index contributed by atoms with van der Waals surface area (Å²) in [6, 6.07) is 45.3. The van der Waals surface area contributed by atoms with Gasteiger partial charge in [-0.25, -0.2) is 9.97 Å². The number of aromatic hydroxyl groups is 1. The monoisotopic (exact) mass is 583 g/mol. The van der Waals surface area contributed by atoms with Crippen LogP contribution in [0.25, 0.3) is 44.4 Å². The van der Waals surface area contributed by atoms with Crippen molar-refractivity contribution in [1.29, 1.82) is 0 Å². The van der Waals surface area contributed by atoms with E-state index in [1.807, 2.05) is 42.6 Å². The highest BCUT2D eigenvalue weighted by atomic mass is 16.3. The zero-order valence-corrected chi connectivity index (χ0v) is 25.6. The Labute approximate surface area is 263 Å². The minimum Gasteiger partial charge on any atom is -0.507 e. The van der Waals surface area contributed by atoms with Crippen molar-refractivity contribution >= 4 is 28.0 Å². The lowest BCUT2D eigenvalue weighted by Crippen LogP contribution is -2.12. The van der Waals surface area contributed by atoms with Crippen LogP contribution in [0.15, 0.2) is 140 Å². The first-order valence-electron chi connectivity index (χ1n) is 15.1. The highest BCUT2D eigenvalue weighted by Crippen LogP contribution is 2.41. The summed E-state index contributed by atoms with van der Waals surface area (Å²) in [4.78, 5) is 12.1. The molecule has 2 heterocycles. The second-order valence-electron chi connectivity index (χ2n) is 11.5. The van der Waals surface area contributed by atoms with Crippen LogP contribution in [0, 0.1) is 20.8 Å². The van der Waals surface area contributed by atoms with E-state index in [-0.39, 0.29) is 5.75 Å². The van der Waals surface area contributed by atoms with Crippen LogP contribution in [0.4, 0.5) is 17.2 Å². The number of aromatic nitrogens is 2. The number of anilines is 3. The Morgan fingerprint density at radius 2 is 1.31 bits per heavy atom. The lowest BCUT2D eigenvalue weighted by atomic mass is 9.92. The number of hydrogen-bond donors (Lipinski definition) is 1. The number of benzene rings is 5. The maximum atomic E-state index is 10.8. The third-order valence-electron chi connectivity index (χ3n) is 8.26. The highest BCUT2D eigenvalue weighted by molar-refractivity contribution is 5.98. The van der Waals surface area contributed by atoms with E-state index in [0.29, 0.717) is 5.56 Å². The minimum atomic E-state index is 0.205. The van der Waals surface area contributed by atoms with E-state index >= 15 is 0 Å². The molecule has 0 bridgehead atoms. The normalized spacial score (nSPS) is 11.1. The predicted octanol–water partition coefficient (Wildman–Crippen LogP) is 10.7. The van der Waals surface area contributed by atoms with Crippen LogP contribution in [0.2, 0.25) is 0 Å². The molecule has 218 valence electrons. The fourth-order valence-corrected chi connectivity index (χ4v) is 6.37. The molecule has 4 nitrogen and oxygen atoms in total. The van der Waals surface area contributed by atoms with Gasteiger partial charge in [0.25, 0.3) is 0 Å². The molecule has 5 aromatic carbocycles. The Bertz CT molecular complexity index is 2140. The molecule has 0 saturated heterocycles. The van der Waals surface area contributed by atoms with E-state index in [9.17, 15) is 5.11 Å². The van der Waals surface area contributed by atoms with Gasteiger partial charge in [-0.1, -0.05) is 84.4 Å². The van der Waals surface area contributed by atoms with E-state index < -0.39 is 0 Å². The lowest BCUT2D eigenvalue weighted by Gasteiger charge is -2.26. The maximum Gasteiger partial charge on any atom is 0.137 e. The second kappa shape index (κ2) is 11.7. The number of pyridine rings is 2. The first-order valence-corrected chi connectivity index (χ1v) is 15.1. The fraction of sp³-hybridized carbons (Fsp3) is 0.0732. The molecule has 0 aliphatic heterocycles. The summed E-state index contributed by atoms with van der Waals surface area (Å²) in [5.74, 6) is 1.03. The van der Waals surface area contributed by atoms with Crippen molar-refractivity contribution in [3.8, 4) is 39.4 Å². The average Bonchev–Trinajstić information content (AvgIpc) is 3.05. The van der Waals surface area contributed by atoms with Crippen LogP contribution in [-0.2, 0) is 0 Å². The molecule has 0 aliphatic carbocycles. The molecule has 45 heavy (non-hydrogen) atoms. The molecule has 2 aromatic heterocycles. The van der Waals surface area contributed by atoms with Gasteiger partial charge >= 0.3 is 0 Å². The van der Waals surface area contributed by atoms with Gasteiger partial charge in [0.1, 0.15) is 11.6 Å². The number of phenolic OH excluding ortho intramolecular Hbond substituents is 1. The van der Waals surface area contributed by atoms with E-state index in [4.69, 9.17) is 9.97 Å². The number of nitrogens with zero attached hydrogens (tertiary/aromatic N) is 3. The zero-order valence-electron chi connectivity index (χ0n) is 25.6. The summed E-state index contributed by atoms with van der Waals surface area (Å²) < 4.78 is 0. The number of aryl methyl sites for hydroxylation is 3.